The lowest BCUT2D eigenvalue weighted by Crippen LogP contribution is -2.38. The number of aliphatic hydroxyl groups is 1. The average Bonchev–Trinajstić information content (AvgIpc) is 3.33. The summed E-state index contributed by atoms with van der Waals surface area (Å²) in [4.78, 5) is 12.4. The predicted molar refractivity (Wildman–Crippen MR) is 85.5 cm³/mol. The Balaban J connectivity index is 1.61. The molecule has 1 aromatic rings. The van der Waals surface area contributed by atoms with Gasteiger partial charge in [0.05, 0.1) is 11.0 Å². The van der Waals surface area contributed by atoms with Crippen LogP contribution in [0.2, 0.25) is 0 Å². The fourth-order valence-corrected chi connectivity index (χ4v) is 4.07. The summed E-state index contributed by atoms with van der Waals surface area (Å²) in [7, 11) is -3.48. The molecule has 3 N–H and O–H groups in total. The van der Waals surface area contributed by atoms with E-state index in [-0.39, 0.29) is 29.0 Å². The van der Waals surface area contributed by atoms with Gasteiger partial charge in [-0.05, 0) is 62.8 Å². The van der Waals surface area contributed by atoms with Gasteiger partial charge in [0, 0.05) is 17.6 Å². The van der Waals surface area contributed by atoms with Gasteiger partial charge in [-0.1, -0.05) is 0 Å². The van der Waals surface area contributed by atoms with Crippen molar-refractivity contribution in [3.05, 3.63) is 29.8 Å². The van der Waals surface area contributed by atoms with E-state index in [2.05, 4.69) is 10.0 Å². The highest BCUT2D eigenvalue weighted by Gasteiger charge is 2.28. The van der Waals surface area contributed by atoms with Gasteiger partial charge in [-0.2, -0.15) is 0 Å². The number of sulfonamides is 1. The number of carbonyl (C=O) groups excluding carboxylic acids is 1. The second-order valence-corrected chi connectivity index (χ2v) is 8.11. The quantitative estimate of drug-likeness (QED) is 0.751. The Hall–Kier alpha value is -1.44. The first-order chi connectivity index (χ1) is 10.9. The van der Waals surface area contributed by atoms with Crippen molar-refractivity contribution in [1.82, 2.24) is 10.0 Å². The van der Waals surface area contributed by atoms with Crippen LogP contribution in [0.4, 0.5) is 0 Å². The Labute approximate surface area is 136 Å². The van der Waals surface area contributed by atoms with Gasteiger partial charge < -0.3 is 10.4 Å². The normalized spacial score (nSPS) is 25.1. The van der Waals surface area contributed by atoms with E-state index in [1.807, 2.05) is 0 Å². The van der Waals surface area contributed by atoms with E-state index in [9.17, 15) is 18.3 Å². The molecule has 2 fully saturated rings. The number of aliphatic hydroxyl groups excluding tert-OH is 1. The van der Waals surface area contributed by atoms with E-state index in [1.54, 1.807) is 0 Å². The summed E-state index contributed by atoms with van der Waals surface area (Å²) >= 11 is 0. The van der Waals surface area contributed by atoms with Gasteiger partial charge in [0.25, 0.3) is 5.91 Å². The summed E-state index contributed by atoms with van der Waals surface area (Å²) in [6.45, 7) is 0. The second-order valence-electron chi connectivity index (χ2n) is 6.40. The van der Waals surface area contributed by atoms with E-state index < -0.39 is 10.0 Å². The molecule has 0 heterocycles. The maximum absolute atomic E-state index is 12.2. The summed E-state index contributed by atoms with van der Waals surface area (Å²) in [6, 6.07) is 6.13. The number of carbonyl (C=O) groups is 1. The van der Waals surface area contributed by atoms with Gasteiger partial charge in [0.15, 0.2) is 0 Å². The SMILES string of the molecule is O=C(NC1CCC(O)CC1)c1ccc(S(=O)(=O)NC2CC2)cc1. The minimum absolute atomic E-state index is 0.0598. The zero-order valence-corrected chi connectivity index (χ0v) is 13.7. The molecule has 3 rings (SSSR count). The highest BCUT2D eigenvalue weighted by Crippen LogP contribution is 2.22. The third-order valence-electron chi connectivity index (χ3n) is 4.36. The zero-order chi connectivity index (χ0) is 16.4. The minimum atomic E-state index is -3.48. The predicted octanol–water partition coefficient (Wildman–Crippen LogP) is 1.16. The van der Waals surface area contributed by atoms with Gasteiger partial charge in [-0.15, -0.1) is 0 Å². The maximum Gasteiger partial charge on any atom is 0.251 e. The van der Waals surface area contributed by atoms with Gasteiger partial charge in [-0.3, -0.25) is 4.79 Å². The van der Waals surface area contributed by atoms with Gasteiger partial charge >= 0.3 is 0 Å². The number of nitrogens with one attached hydrogen (secondary N) is 2. The van der Waals surface area contributed by atoms with Crippen molar-refractivity contribution in [1.29, 1.82) is 0 Å². The van der Waals surface area contributed by atoms with Crippen LogP contribution in [0.1, 0.15) is 48.9 Å². The minimum Gasteiger partial charge on any atom is -0.393 e. The van der Waals surface area contributed by atoms with Crippen molar-refractivity contribution in [2.45, 2.75) is 61.6 Å². The first-order valence-electron chi connectivity index (χ1n) is 8.05. The van der Waals surface area contributed by atoms with Crippen molar-refractivity contribution in [2.24, 2.45) is 0 Å². The number of rotatable bonds is 5. The van der Waals surface area contributed by atoms with E-state index in [4.69, 9.17) is 0 Å². The second kappa shape index (κ2) is 6.59. The highest BCUT2D eigenvalue weighted by molar-refractivity contribution is 7.89. The van der Waals surface area contributed by atoms with E-state index in [1.165, 1.54) is 24.3 Å². The molecule has 2 saturated carbocycles. The van der Waals surface area contributed by atoms with E-state index in [0.717, 1.165) is 25.7 Å². The lowest BCUT2D eigenvalue weighted by atomic mass is 9.93. The summed E-state index contributed by atoms with van der Waals surface area (Å²) in [5.74, 6) is -0.203. The monoisotopic (exact) mass is 338 g/mol. The third kappa shape index (κ3) is 4.31. The van der Waals surface area contributed by atoms with Gasteiger partial charge in [0.1, 0.15) is 0 Å². The van der Waals surface area contributed by atoms with Crippen molar-refractivity contribution in [3.63, 3.8) is 0 Å². The molecule has 2 aliphatic rings. The van der Waals surface area contributed by atoms with Crippen LogP contribution in [-0.2, 0) is 10.0 Å². The van der Waals surface area contributed by atoms with Crippen LogP contribution >= 0.6 is 0 Å². The molecule has 23 heavy (non-hydrogen) atoms. The average molecular weight is 338 g/mol. The van der Waals surface area contributed by atoms with Crippen LogP contribution in [-0.4, -0.2) is 37.6 Å². The van der Waals surface area contributed by atoms with E-state index >= 15 is 0 Å². The van der Waals surface area contributed by atoms with Crippen molar-refractivity contribution in [2.75, 3.05) is 0 Å². The fraction of sp³-hybridized carbons (Fsp3) is 0.562. The number of hydrogen-bond acceptors (Lipinski definition) is 4. The lowest BCUT2D eigenvalue weighted by Gasteiger charge is -2.26. The molecule has 126 valence electrons. The summed E-state index contributed by atoms with van der Waals surface area (Å²) in [5.41, 5.74) is 0.446. The lowest BCUT2D eigenvalue weighted by molar-refractivity contribution is 0.0867. The fourth-order valence-electron chi connectivity index (χ4n) is 2.76. The molecule has 1 aromatic carbocycles. The third-order valence-corrected chi connectivity index (χ3v) is 5.89. The number of hydrogen-bond donors (Lipinski definition) is 3. The Morgan fingerprint density at radius 2 is 1.52 bits per heavy atom. The molecule has 0 aliphatic heterocycles. The molecule has 7 heteroatoms. The molecule has 6 nitrogen and oxygen atoms in total. The van der Waals surface area contributed by atoms with Crippen LogP contribution in [0.5, 0.6) is 0 Å². The standard InChI is InChI=1S/C16H22N2O4S/c19-14-7-5-12(6-8-14)17-16(20)11-1-9-15(10-2-11)23(21,22)18-13-3-4-13/h1-2,9-10,12-14,18-19H,3-8H2,(H,17,20). The molecule has 0 aromatic heterocycles. The molecule has 1 amide bonds. The maximum atomic E-state index is 12.2. The molecule has 0 saturated heterocycles. The van der Waals surface area contributed by atoms with E-state index in [0.29, 0.717) is 18.4 Å². The molecule has 0 spiro atoms. The smallest absolute Gasteiger partial charge is 0.251 e. The number of benzene rings is 1. The topological polar surface area (TPSA) is 95.5 Å². The van der Waals surface area contributed by atoms with Gasteiger partial charge in [-0.25, -0.2) is 13.1 Å². The van der Waals surface area contributed by atoms with Gasteiger partial charge in [0.2, 0.25) is 10.0 Å². The van der Waals surface area contributed by atoms with Crippen LogP contribution in [0.15, 0.2) is 29.2 Å². The Kier molecular flexibility index (Phi) is 4.70. The Bertz CT molecular complexity index is 660. The molecule has 0 bridgehead atoms. The largest absolute Gasteiger partial charge is 0.393 e. The van der Waals surface area contributed by atoms with Crippen LogP contribution in [0.25, 0.3) is 0 Å². The summed E-state index contributed by atoms with van der Waals surface area (Å²) < 4.78 is 26.8. The first kappa shape index (κ1) is 16.4. The summed E-state index contributed by atoms with van der Waals surface area (Å²) in [6.07, 6.45) is 4.46. The van der Waals surface area contributed by atoms with Crippen molar-refractivity contribution < 1.29 is 18.3 Å². The zero-order valence-electron chi connectivity index (χ0n) is 12.9. The summed E-state index contributed by atoms with van der Waals surface area (Å²) in [5, 5.41) is 12.4. The molecule has 0 atom stereocenters. The van der Waals surface area contributed by atoms with Crippen molar-refractivity contribution >= 4 is 15.9 Å². The number of amides is 1. The molecule has 2 aliphatic carbocycles. The van der Waals surface area contributed by atoms with Crippen LogP contribution in [0, 0.1) is 0 Å². The highest BCUT2D eigenvalue weighted by atomic mass is 32.2. The molecular weight excluding hydrogens is 316 g/mol. The Morgan fingerprint density at radius 3 is 2.09 bits per heavy atom. The van der Waals surface area contributed by atoms with Crippen LogP contribution in [0.3, 0.4) is 0 Å². The molecule has 0 radical (unpaired) electrons. The molecular formula is C16H22N2O4S. The van der Waals surface area contributed by atoms with Crippen molar-refractivity contribution in [3.8, 4) is 0 Å². The first-order valence-corrected chi connectivity index (χ1v) is 9.54. The van der Waals surface area contributed by atoms with Crippen LogP contribution < -0.4 is 10.0 Å². The molecule has 0 unspecified atom stereocenters. The Morgan fingerprint density at radius 1 is 0.957 bits per heavy atom.